The van der Waals surface area contributed by atoms with Gasteiger partial charge in [0.05, 0.1) is 15.9 Å². The van der Waals surface area contributed by atoms with Crippen molar-refractivity contribution in [2.75, 3.05) is 24.8 Å². The van der Waals surface area contributed by atoms with Crippen LogP contribution in [0.15, 0.2) is 68.0 Å². The number of carbonyl (C=O) groups excluding carboxylic acids is 2. The lowest BCUT2D eigenvalue weighted by Gasteiger charge is -2.43. The molecule has 6 atom stereocenters. The third kappa shape index (κ3) is 4.21. The molecular weight excluding hydrogens is 607 g/mol. The quantitative estimate of drug-likeness (QED) is 0.354. The molecule has 10 heteroatoms. The fraction of sp³-hybridized carbons (Fsp3) is 0.562. The summed E-state index contributed by atoms with van der Waals surface area (Å²) in [5, 5.41) is 4.78. The third-order valence-electron chi connectivity index (χ3n) is 10.7. The molecule has 4 aliphatic heterocycles. The molecule has 0 bridgehead atoms. The van der Waals surface area contributed by atoms with Crippen molar-refractivity contribution in [1.82, 2.24) is 9.80 Å². The summed E-state index contributed by atoms with van der Waals surface area (Å²) in [6.07, 6.45) is 7.49. The molecule has 42 heavy (non-hydrogen) atoms. The third-order valence-corrected chi connectivity index (χ3v) is 14.1. The molecular formula is C32H38Cl2N4O2S2. The van der Waals surface area contributed by atoms with E-state index in [4.69, 9.17) is 34.7 Å². The van der Waals surface area contributed by atoms with E-state index in [0.717, 1.165) is 42.1 Å². The Morgan fingerprint density at radius 3 is 1.86 bits per heavy atom. The molecule has 1 saturated carbocycles. The second kappa shape index (κ2) is 10.7. The minimum atomic E-state index is -0.527. The second-order valence-corrected chi connectivity index (χ2v) is 15.7. The molecule has 0 spiro atoms. The van der Waals surface area contributed by atoms with Gasteiger partial charge < -0.3 is 21.3 Å². The fourth-order valence-electron chi connectivity index (χ4n) is 8.33. The molecule has 3 aliphatic carbocycles. The maximum Gasteiger partial charge on any atom is 0.233 e. The minimum absolute atomic E-state index is 0.0531. The molecule has 7 aliphatic rings. The van der Waals surface area contributed by atoms with Crippen LogP contribution in [-0.2, 0) is 9.59 Å². The minimum Gasteiger partial charge on any atom is -0.401 e. The van der Waals surface area contributed by atoms with Crippen LogP contribution >= 0.6 is 46.7 Å². The lowest BCUT2D eigenvalue weighted by molar-refractivity contribution is -0.146. The van der Waals surface area contributed by atoms with Gasteiger partial charge in [-0.2, -0.15) is 0 Å². The second-order valence-electron chi connectivity index (χ2n) is 13.0. The standard InChI is InChI=1S/C32H38Cl2N4O2S2/c1-16-14-41-29-20(35)8-22-27(25(16)29)18(10-33)12-37(22)24(39)4-7-32(5-3-6-32)31(40)38-13-19(11-34)28-23(38)9-21(36)30-26(28)17(2)15-42-30/h8-9,14-15,18-19,25-26,29-30H,3-7,10-13,35-36H2,1-2H3/t18-,19-,25?,26?,29?,30?/m1/s1. The van der Waals surface area contributed by atoms with Gasteiger partial charge in [0.2, 0.25) is 11.8 Å². The summed E-state index contributed by atoms with van der Waals surface area (Å²) in [6.45, 7) is 5.47. The van der Waals surface area contributed by atoms with Crippen LogP contribution in [0.5, 0.6) is 0 Å². The highest BCUT2D eigenvalue weighted by Gasteiger charge is 2.52. The maximum atomic E-state index is 14.4. The van der Waals surface area contributed by atoms with Gasteiger partial charge in [-0.05, 0) is 67.2 Å². The largest absolute Gasteiger partial charge is 0.401 e. The SMILES string of the molecule is CC1=CSC2C(N)=CC3=C(C12)[C@H](CCl)CN3C(=O)CCC1(C(=O)N2C[C@@H](CCl)C3=C2C=C(N)C2SC=C(C)C32)CCC1. The molecule has 0 radical (unpaired) electrons. The Bertz CT molecular complexity index is 1440. The highest BCUT2D eigenvalue weighted by molar-refractivity contribution is 8.03. The first-order valence-electron chi connectivity index (χ1n) is 15.0. The van der Waals surface area contributed by atoms with Gasteiger partial charge in [-0.25, -0.2) is 0 Å². The van der Waals surface area contributed by atoms with Crippen molar-refractivity contribution < 1.29 is 9.59 Å². The molecule has 7 rings (SSSR count). The van der Waals surface area contributed by atoms with Crippen molar-refractivity contribution in [2.45, 2.75) is 56.5 Å². The number of thioether (sulfide) groups is 2. The smallest absolute Gasteiger partial charge is 0.233 e. The van der Waals surface area contributed by atoms with E-state index >= 15 is 0 Å². The Balaban J connectivity index is 1.12. The summed E-state index contributed by atoms with van der Waals surface area (Å²) in [7, 11) is 0. The topological polar surface area (TPSA) is 92.7 Å². The molecule has 6 nitrogen and oxygen atoms in total. The Labute approximate surface area is 266 Å². The predicted molar refractivity (Wildman–Crippen MR) is 173 cm³/mol. The van der Waals surface area contributed by atoms with Crippen molar-refractivity contribution in [3.63, 3.8) is 0 Å². The fourth-order valence-corrected chi connectivity index (χ4v) is 11.4. The van der Waals surface area contributed by atoms with Gasteiger partial charge in [-0.15, -0.1) is 46.7 Å². The van der Waals surface area contributed by atoms with Gasteiger partial charge in [0.15, 0.2) is 0 Å². The number of nitrogens with zero attached hydrogens (tertiary/aromatic N) is 2. The summed E-state index contributed by atoms with van der Waals surface area (Å²) >= 11 is 16.5. The monoisotopic (exact) mass is 644 g/mol. The van der Waals surface area contributed by atoms with E-state index in [9.17, 15) is 9.59 Å². The highest BCUT2D eigenvalue weighted by Crippen LogP contribution is 2.55. The van der Waals surface area contributed by atoms with Crippen molar-refractivity contribution >= 4 is 58.5 Å². The number of carbonyl (C=O) groups is 2. The van der Waals surface area contributed by atoms with Crippen LogP contribution < -0.4 is 11.5 Å². The molecule has 224 valence electrons. The summed E-state index contributed by atoms with van der Waals surface area (Å²) in [5.41, 5.74) is 21.2. The molecule has 4 unspecified atom stereocenters. The van der Waals surface area contributed by atoms with Gasteiger partial charge in [0.25, 0.3) is 0 Å². The van der Waals surface area contributed by atoms with E-state index in [2.05, 4.69) is 24.7 Å². The van der Waals surface area contributed by atoms with Crippen LogP contribution in [0.4, 0.5) is 0 Å². The van der Waals surface area contributed by atoms with Gasteiger partial charge in [0, 0.05) is 77.7 Å². The van der Waals surface area contributed by atoms with E-state index in [1.165, 1.54) is 22.3 Å². The maximum absolute atomic E-state index is 14.4. The number of hydrogen-bond acceptors (Lipinski definition) is 6. The Hall–Kier alpha value is -1.74. The van der Waals surface area contributed by atoms with Crippen LogP contribution in [0, 0.1) is 29.1 Å². The lowest BCUT2D eigenvalue weighted by Crippen LogP contribution is -2.48. The summed E-state index contributed by atoms with van der Waals surface area (Å²) in [6, 6.07) is 0. The van der Waals surface area contributed by atoms with Gasteiger partial charge in [-0.1, -0.05) is 17.6 Å². The summed E-state index contributed by atoms with van der Waals surface area (Å²) in [4.78, 5) is 32.1. The molecule has 0 aromatic carbocycles. The molecule has 4 N–H and O–H groups in total. The Morgan fingerprint density at radius 2 is 1.38 bits per heavy atom. The average molecular weight is 646 g/mol. The number of hydrogen-bond donors (Lipinski definition) is 2. The molecule has 2 amide bonds. The van der Waals surface area contributed by atoms with E-state index in [1.807, 2.05) is 22.0 Å². The van der Waals surface area contributed by atoms with Crippen molar-refractivity contribution in [3.8, 4) is 0 Å². The van der Waals surface area contributed by atoms with Gasteiger partial charge >= 0.3 is 0 Å². The van der Waals surface area contributed by atoms with Crippen LogP contribution in [0.3, 0.4) is 0 Å². The molecule has 4 heterocycles. The highest BCUT2D eigenvalue weighted by atomic mass is 35.5. The number of halogens is 2. The number of fused-ring (bicyclic) bond motifs is 4. The zero-order chi connectivity index (χ0) is 29.5. The summed E-state index contributed by atoms with van der Waals surface area (Å²) < 4.78 is 0. The zero-order valence-electron chi connectivity index (χ0n) is 24.1. The van der Waals surface area contributed by atoms with Crippen molar-refractivity contribution in [3.05, 3.63) is 68.0 Å². The van der Waals surface area contributed by atoms with E-state index in [0.29, 0.717) is 37.7 Å². The predicted octanol–water partition coefficient (Wildman–Crippen LogP) is 5.82. The molecule has 1 fully saturated rings. The van der Waals surface area contributed by atoms with Crippen LogP contribution in [0.1, 0.15) is 46.0 Å². The number of alkyl halides is 2. The molecule has 0 saturated heterocycles. The Morgan fingerprint density at radius 1 is 0.881 bits per heavy atom. The first-order valence-corrected chi connectivity index (χ1v) is 17.9. The number of nitrogens with two attached hydrogens (primary N) is 2. The first kappa shape index (κ1) is 29.0. The number of allylic oxidation sites excluding steroid dienone is 4. The normalized spacial score (nSPS) is 34.3. The first-order chi connectivity index (χ1) is 20.2. The van der Waals surface area contributed by atoms with Crippen LogP contribution in [0.25, 0.3) is 0 Å². The van der Waals surface area contributed by atoms with Crippen molar-refractivity contribution in [2.24, 2.45) is 40.6 Å². The molecule has 0 aromatic rings. The van der Waals surface area contributed by atoms with Gasteiger partial charge in [-0.3, -0.25) is 9.59 Å². The number of amides is 2. The molecule has 0 aromatic heterocycles. The van der Waals surface area contributed by atoms with Gasteiger partial charge in [0.1, 0.15) is 0 Å². The van der Waals surface area contributed by atoms with Crippen molar-refractivity contribution in [1.29, 1.82) is 0 Å². The number of rotatable bonds is 6. The van der Waals surface area contributed by atoms with Crippen LogP contribution in [-0.4, -0.2) is 57.0 Å². The zero-order valence-corrected chi connectivity index (χ0v) is 27.2. The van der Waals surface area contributed by atoms with Crippen LogP contribution in [0.2, 0.25) is 0 Å². The average Bonchev–Trinajstić information content (AvgIpc) is 3.71. The van der Waals surface area contributed by atoms with E-state index in [-0.39, 0.29) is 46.0 Å². The summed E-state index contributed by atoms with van der Waals surface area (Å²) in [5.74, 6) is 1.77. The van der Waals surface area contributed by atoms with E-state index in [1.54, 1.807) is 23.5 Å². The van der Waals surface area contributed by atoms with E-state index < -0.39 is 5.41 Å². The lowest BCUT2D eigenvalue weighted by atomic mass is 9.65. The Kier molecular flexibility index (Phi) is 7.39.